The van der Waals surface area contributed by atoms with Crippen LogP contribution < -0.4 is 4.74 Å². The maximum absolute atomic E-state index is 6.04. The summed E-state index contributed by atoms with van der Waals surface area (Å²) in [5, 5.41) is 0.877. The van der Waals surface area contributed by atoms with Crippen molar-refractivity contribution in [2.75, 3.05) is 0 Å². The average molecular weight is 319 g/mol. The van der Waals surface area contributed by atoms with Crippen LogP contribution in [0, 0.1) is 27.7 Å². The Morgan fingerprint density at radius 2 is 1.68 bits per heavy atom. The highest BCUT2D eigenvalue weighted by Gasteiger charge is 2.06. The van der Waals surface area contributed by atoms with Gasteiger partial charge in [0.05, 0.1) is 0 Å². The van der Waals surface area contributed by atoms with Crippen LogP contribution in [0.15, 0.2) is 30.3 Å². The molecule has 0 fully saturated rings. The Balaban J connectivity index is 2.33. The van der Waals surface area contributed by atoms with E-state index >= 15 is 0 Å². The second kappa shape index (κ2) is 5.79. The van der Waals surface area contributed by atoms with Crippen LogP contribution in [-0.2, 0) is 5.33 Å². The first-order valence-electron chi connectivity index (χ1n) is 6.42. The molecule has 1 nitrogen and oxygen atoms in total. The Labute approximate surface area is 123 Å². The third-order valence-electron chi connectivity index (χ3n) is 3.45. The molecule has 2 aromatic carbocycles. The summed E-state index contributed by atoms with van der Waals surface area (Å²) in [7, 11) is 0. The molecule has 0 bridgehead atoms. The largest absolute Gasteiger partial charge is 0.457 e. The van der Waals surface area contributed by atoms with Crippen molar-refractivity contribution in [1.82, 2.24) is 0 Å². The Morgan fingerprint density at radius 3 is 2.32 bits per heavy atom. The maximum atomic E-state index is 6.04. The molecule has 0 saturated carbocycles. The Bertz CT molecular complexity index is 602. The van der Waals surface area contributed by atoms with Gasteiger partial charge in [-0.05, 0) is 73.7 Å². The molecule has 0 atom stereocenters. The van der Waals surface area contributed by atoms with Crippen molar-refractivity contribution >= 4 is 15.9 Å². The van der Waals surface area contributed by atoms with Crippen molar-refractivity contribution in [2.24, 2.45) is 0 Å². The van der Waals surface area contributed by atoms with E-state index in [4.69, 9.17) is 4.74 Å². The van der Waals surface area contributed by atoms with Crippen LogP contribution in [0.5, 0.6) is 11.5 Å². The summed E-state index contributed by atoms with van der Waals surface area (Å²) in [4.78, 5) is 0. The second-order valence-electron chi connectivity index (χ2n) is 5.03. The van der Waals surface area contributed by atoms with E-state index in [1.807, 2.05) is 6.07 Å². The zero-order valence-corrected chi connectivity index (χ0v) is 13.5. The quantitative estimate of drug-likeness (QED) is 0.668. The van der Waals surface area contributed by atoms with Gasteiger partial charge >= 0.3 is 0 Å². The van der Waals surface area contributed by atoms with Gasteiger partial charge < -0.3 is 4.74 Å². The van der Waals surface area contributed by atoms with E-state index in [0.29, 0.717) is 0 Å². The highest BCUT2D eigenvalue weighted by molar-refractivity contribution is 9.08. The summed E-state index contributed by atoms with van der Waals surface area (Å²) in [5.74, 6) is 1.85. The van der Waals surface area contributed by atoms with Gasteiger partial charge in [-0.2, -0.15) is 0 Å². The molecule has 2 rings (SSSR count). The number of alkyl halides is 1. The van der Waals surface area contributed by atoms with Crippen LogP contribution in [0.3, 0.4) is 0 Å². The first-order chi connectivity index (χ1) is 9.01. The van der Waals surface area contributed by atoms with Crippen molar-refractivity contribution in [3.63, 3.8) is 0 Å². The predicted octanol–water partition coefficient (Wildman–Crippen LogP) is 5.61. The average Bonchev–Trinajstić information content (AvgIpc) is 2.35. The van der Waals surface area contributed by atoms with Crippen LogP contribution in [0.2, 0.25) is 0 Å². The van der Waals surface area contributed by atoms with Crippen molar-refractivity contribution in [3.8, 4) is 11.5 Å². The molecular formula is C17H19BrO. The lowest BCUT2D eigenvalue weighted by molar-refractivity contribution is 0.477. The normalized spacial score (nSPS) is 10.6. The summed E-state index contributed by atoms with van der Waals surface area (Å²) >= 11 is 3.49. The van der Waals surface area contributed by atoms with E-state index in [-0.39, 0.29) is 0 Å². The van der Waals surface area contributed by atoms with Gasteiger partial charge in [0.2, 0.25) is 0 Å². The first kappa shape index (κ1) is 14.1. The fraction of sp³-hybridized carbons (Fsp3) is 0.294. The fourth-order valence-electron chi connectivity index (χ4n) is 2.12. The number of aryl methyl sites for hydroxylation is 3. The summed E-state index contributed by atoms with van der Waals surface area (Å²) in [6.45, 7) is 8.43. The van der Waals surface area contributed by atoms with Crippen LogP contribution in [0.25, 0.3) is 0 Å². The molecule has 0 amide bonds. The number of rotatable bonds is 3. The first-order valence-corrected chi connectivity index (χ1v) is 7.54. The van der Waals surface area contributed by atoms with E-state index < -0.39 is 0 Å². The van der Waals surface area contributed by atoms with Gasteiger partial charge in [-0.15, -0.1) is 0 Å². The van der Waals surface area contributed by atoms with E-state index in [1.165, 1.54) is 27.8 Å². The van der Waals surface area contributed by atoms with Gasteiger partial charge in [0.15, 0.2) is 0 Å². The van der Waals surface area contributed by atoms with Crippen molar-refractivity contribution in [1.29, 1.82) is 0 Å². The van der Waals surface area contributed by atoms with E-state index in [9.17, 15) is 0 Å². The van der Waals surface area contributed by atoms with Crippen LogP contribution in [0.1, 0.15) is 27.8 Å². The molecule has 2 aromatic rings. The van der Waals surface area contributed by atoms with Crippen LogP contribution in [0.4, 0.5) is 0 Å². The van der Waals surface area contributed by atoms with Gasteiger partial charge in [-0.3, -0.25) is 0 Å². The van der Waals surface area contributed by atoms with Gasteiger partial charge in [-0.1, -0.05) is 28.1 Å². The van der Waals surface area contributed by atoms with E-state index in [2.05, 4.69) is 67.9 Å². The van der Waals surface area contributed by atoms with Crippen molar-refractivity contribution in [3.05, 3.63) is 58.1 Å². The molecule has 0 radical (unpaired) electrons. The highest BCUT2D eigenvalue weighted by Crippen LogP contribution is 2.29. The molecule has 100 valence electrons. The van der Waals surface area contributed by atoms with Gasteiger partial charge in [0.25, 0.3) is 0 Å². The number of hydrogen-bond donors (Lipinski definition) is 0. The number of benzene rings is 2. The van der Waals surface area contributed by atoms with Gasteiger partial charge in [0, 0.05) is 5.33 Å². The lowest BCUT2D eigenvalue weighted by atomic mass is 10.1. The Morgan fingerprint density at radius 1 is 0.947 bits per heavy atom. The summed E-state index contributed by atoms with van der Waals surface area (Å²) in [6.07, 6.45) is 0. The lowest BCUT2D eigenvalue weighted by Gasteiger charge is -2.13. The molecule has 0 spiro atoms. The minimum absolute atomic E-state index is 0.877. The third kappa shape index (κ3) is 3.19. The minimum Gasteiger partial charge on any atom is -0.457 e. The number of halogens is 1. The molecule has 0 heterocycles. The minimum atomic E-state index is 0.877. The SMILES string of the molecule is Cc1cc(C)c(C)c(Oc2ccc(CBr)c(C)c2)c1. The Hall–Kier alpha value is -1.28. The zero-order valence-electron chi connectivity index (χ0n) is 11.9. The highest BCUT2D eigenvalue weighted by atomic mass is 79.9. The van der Waals surface area contributed by atoms with Crippen molar-refractivity contribution < 1.29 is 4.74 Å². The van der Waals surface area contributed by atoms with E-state index in [1.54, 1.807) is 0 Å². The van der Waals surface area contributed by atoms with Gasteiger partial charge in [0.1, 0.15) is 11.5 Å². The molecule has 19 heavy (non-hydrogen) atoms. The van der Waals surface area contributed by atoms with Crippen molar-refractivity contribution in [2.45, 2.75) is 33.0 Å². The lowest BCUT2D eigenvalue weighted by Crippen LogP contribution is -1.93. The smallest absolute Gasteiger partial charge is 0.130 e. The second-order valence-corrected chi connectivity index (χ2v) is 5.59. The molecule has 0 aliphatic heterocycles. The standard InChI is InChI=1S/C17H19BrO/c1-11-7-12(2)14(4)17(8-11)19-16-6-5-15(10-18)13(3)9-16/h5-9H,10H2,1-4H3. The maximum Gasteiger partial charge on any atom is 0.130 e. The number of hydrogen-bond acceptors (Lipinski definition) is 1. The summed E-state index contributed by atoms with van der Waals surface area (Å²) < 4.78 is 6.04. The molecule has 0 N–H and O–H groups in total. The molecular weight excluding hydrogens is 300 g/mol. The molecule has 0 aromatic heterocycles. The topological polar surface area (TPSA) is 9.23 Å². The Kier molecular flexibility index (Phi) is 4.31. The fourth-order valence-corrected chi connectivity index (χ4v) is 2.74. The van der Waals surface area contributed by atoms with Crippen LogP contribution in [-0.4, -0.2) is 0 Å². The van der Waals surface area contributed by atoms with Gasteiger partial charge in [-0.25, -0.2) is 0 Å². The monoisotopic (exact) mass is 318 g/mol. The summed E-state index contributed by atoms with van der Waals surface area (Å²) in [5.41, 5.74) is 6.24. The number of ether oxygens (including phenoxy) is 1. The molecule has 0 unspecified atom stereocenters. The third-order valence-corrected chi connectivity index (χ3v) is 4.05. The molecule has 2 heteroatoms. The zero-order chi connectivity index (χ0) is 14.0. The van der Waals surface area contributed by atoms with E-state index in [0.717, 1.165) is 16.8 Å². The van der Waals surface area contributed by atoms with Crippen LogP contribution >= 0.6 is 15.9 Å². The predicted molar refractivity (Wildman–Crippen MR) is 84.5 cm³/mol. The molecule has 0 aliphatic carbocycles. The summed E-state index contributed by atoms with van der Waals surface area (Å²) in [6, 6.07) is 10.5. The molecule has 0 saturated heterocycles. The molecule has 0 aliphatic rings.